The van der Waals surface area contributed by atoms with Gasteiger partial charge in [0.2, 0.25) is 70.9 Å². The van der Waals surface area contributed by atoms with Gasteiger partial charge in [0.25, 0.3) is 0 Å². The van der Waals surface area contributed by atoms with Crippen molar-refractivity contribution in [1.29, 1.82) is 0 Å². The van der Waals surface area contributed by atoms with Gasteiger partial charge in [0, 0.05) is 19.4 Å². The number of primary amides is 2. The highest BCUT2D eigenvalue weighted by Gasteiger charge is 2.42. The first-order chi connectivity index (χ1) is 40.7. The van der Waals surface area contributed by atoms with E-state index >= 15 is 0 Å². The molecule has 12 amide bonds. The highest BCUT2D eigenvalue weighted by molar-refractivity contribution is 7.46. The number of likely N-dealkylation sites (tertiary alicyclic amines) is 1. The second kappa shape index (κ2) is 36.3. The van der Waals surface area contributed by atoms with E-state index in [2.05, 4.69) is 52.4 Å². The Morgan fingerprint density at radius 2 is 1.21 bits per heavy atom. The molecule has 1 aliphatic rings. The second-order valence-electron chi connectivity index (χ2n) is 21.2. The van der Waals surface area contributed by atoms with Crippen LogP contribution in [-0.4, -0.2) is 200 Å². The van der Waals surface area contributed by atoms with Gasteiger partial charge >= 0.3 is 13.8 Å². The van der Waals surface area contributed by atoms with Crippen molar-refractivity contribution in [1.82, 2.24) is 52.8 Å². The highest BCUT2D eigenvalue weighted by atomic mass is 31.2. The number of phosphoric ester groups is 1. The van der Waals surface area contributed by atoms with Gasteiger partial charge in [0.15, 0.2) is 0 Å². The van der Waals surface area contributed by atoms with E-state index in [0.717, 1.165) is 17.0 Å². The van der Waals surface area contributed by atoms with Crippen LogP contribution in [0.1, 0.15) is 105 Å². The third-order valence-electron chi connectivity index (χ3n) is 13.8. The number of carboxylic acid groups (broad SMARTS) is 1. The number of carboxylic acids is 1. The predicted molar refractivity (Wildman–Crippen MR) is 305 cm³/mol. The summed E-state index contributed by atoms with van der Waals surface area (Å²) in [6, 6.07) is -10.3. The first-order valence-electron chi connectivity index (χ1n) is 28.0. The monoisotopic (exact) mass is 1260 g/mol. The van der Waals surface area contributed by atoms with Crippen molar-refractivity contribution in [3.63, 3.8) is 0 Å². The molecule has 35 heteroatoms. The van der Waals surface area contributed by atoms with E-state index < -0.39 is 202 Å². The van der Waals surface area contributed by atoms with E-state index in [9.17, 15) is 92.0 Å². The lowest BCUT2D eigenvalue weighted by molar-refractivity contribution is -0.144. The quantitative estimate of drug-likeness (QED) is 0.0216. The van der Waals surface area contributed by atoms with Crippen LogP contribution in [0, 0.1) is 11.8 Å². The zero-order valence-corrected chi connectivity index (χ0v) is 50.2. The van der Waals surface area contributed by atoms with E-state index in [1.165, 1.54) is 26.0 Å². The number of carbonyl (C=O) groups is 13. The molecule has 12 atom stereocenters. The van der Waals surface area contributed by atoms with Crippen molar-refractivity contribution < 1.29 is 96.5 Å². The maximum atomic E-state index is 14.6. The average molecular weight is 1260 g/mol. The number of phosphoric acid groups is 1. The molecule has 0 aliphatic carbocycles. The zero-order chi connectivity index (χ0) is 66.0. The third-order valence-corrected chi connectivity index (χ3v) is 14.3. The van der Waals surface area contributed by atoms with Gasteiger partial charge in [-0.05, 0) is 88.4 Å². The Balaban J connectivity index is 2.50. The summed E-state index contributed by atoms with van der Waals surface area (Å²) in [5.41, 5.74) is 22.1. The normalized spacial score (nSPS) is 16.9. The molecule has 1 saturated heterocycles. The molecule has 1 aliphatic heterocycles. The van der Waals surface area contributed by atoms with Crippen LogP contribution in [0.4, 0.5) is 0 Å². The van der Waals surface area contributed by atoms with Crippen LogP contribution >= 0.6 is 7.82 Å². The summed E-state index contributed by atoms with van der Waals surface area (Å²) < 4.78 is 16.2. The van der Waals surface area contributed by atoms with Crippen molar-refractivity contribution in [3.8, 4) is 5.75 Å². The first kappa shape index (κ1) is 75.2. The van der Waals surface area contributed by atoms with Crippen LogP contribution in [0.15, 0.2) is 24.3 Å². The molecule has 488 valence electrons. The molecule has 1 aromatic carbocycles. The number of nitrogens with one attached hydrogen (secondary N) is 9. The molecule has 22 N–H and O–H groups in total. The number of unbranched alkanes of at least 4 members (excludes halogenated alkanes) is 1. The van der Waals surface area contributed by atoms with Crippen LogP contribution in [-0.2, 0) is 73.3 Å². The molecule has 0 radical (unpaired) electrons. The van der Waals surface area contributed by atoms with E-state index in [0.29, 0.717) is 6.42 Å². The number of rotatable bonds is 38. The largest absolute Gasteiger partial charge is 0.524 e. The van der Waals surface area contributed by atoms with Crippen LogP contribution in [0.25, 0.3) is 0 Å². The third kappa shape index (κ3) is 25.5. The van der Waals surface area contributed by atoms with Crippen LogP contribution in [0.3, 0.4) is 0 Å². The summed E-state index contributed by atoms with van der Waals surface area (Å²) in [5, 5.41) is 51.2. The maximum absolute atomic E-state index is 14.6. The summed E-state index contributed by atoms with van der Waals surface area (Å²) in [7, 11) is -5.02. The minimum atomic E-state index is -5.02. The number of aliphatic hydroxyl groups excluding tert-OH is 2. The molecular formula is C52H85N14O20P. The fourth-order valence-corrected chi connectivity index (χ4v) is 9.21. The zero-order valence-electron chi connectivity index (χ0n) is 49.3. The Morgan fingerprint density at radius 1 is 0.667 bits per heavy atom. The van der Waals surface area contributed by atoms with Crippen LogP contribution in [0.5, 0.6) is 5.75 Å². The predicted octanol–water partition coefficient (Wildman–Crippen LogP) is -6.54. The summed E-state index contributed by atoms with van der Waals surface area (Å²) >= 11 is 0. The van der Waals surface area contributed by atoms with Gasteiger partial charge in [-0.3, -0.25) is 72.1 Å². The first-order valence-corrected chi connectivity index (χ1v) is 29.6. The number of nitrogens with two attached hydrogens (primary N) is 4. The molecule has 1 fully saturated rings. The van der Waals surface area contributed by atoms with Crippen molar-refractivity contribution >= 4 is 84.7 Å². The van der Waals surface area contributed by atoms with Crippen molar-refractivity contribution in [2.24, 2.45) is 34.8 Å². The maximum Gasteiger partial charge on any atom is 0.524 e. The number of aliphatic hydroxyl groups is 2. The van der Waals surface area contributed by atoms with E-state index in [-0.39, 0.29) is 56.5 Å². The number of hydrogen-bond donors (Lipinski definition) is 18. The number of benzene rings is 1. The van der Waals surface area contributed by atoms with E-state index in [1.54, 1.807) is 27.7 Å². The topological polar surface area (TPSA) is 565 Å². The molecule has 34 nitrogen and oxygen atoms in total. The Labute approximate surface area is 501 Å². The summed E-state index contributed by atoms with van der Waals surface area (Å²) in [6.07, 6.45) is -2.79. The lowest BCUT2D eigenvalue weighted by Crippen LogP contribution is -2.62. The Hall–Kier alpha value is -7.88. The number of aliphatic carboxylic acids is 1. The van der Waals surface area contributed by atoms with E-state index in [4.69, 9.17) is 22.9 Å². The molecule has 0 bridgehead atoms. The number of carbonyl (C=O) groups excluding carboxylic acids is 12. The fraction of sp³-hybridized carbons (Fsp3) is 0.635. The Bertz CT molecular complexity index is 2640. The molecule has 1 heterocycles. The minimum absolute atomic E-state index is 0.0110. The molecule has 2 rings (SSSR count). The smallest absolute Gasteiger partial charge is 0.481 e. The molecule has 0 aromatic heterocycles. The molecule has 0 saturated carbocycles. The minimum Gasteiger partial charge on any atom is -0.481 e. The SMILES string of the molecule is CC[C@H](C)[C@H](NC(=O)[C@@H]1CCCN1C(=O)[C@H](CC(N)=O)NC(=O)[C@H](CCC(=O)O)NC(=O)CN)C(=O)N[C@@H](Cc1ccc(OP(=O)(O)O)cc1)C(=O)N[C@@H](CCCCN)C(=O)N[C@@H](CO)C(=O)N[C@@H](C)C(=O)N[C@H](C(=O)N[C@H](C(N)=O)[C@@H](C)O)C(C)C. The second-order valence-corrected chi connectivity index (χ2v) is 22.4. The van der Waals surface area contributed by atoms with Gasteiger partial charge < -0.3 is 95.5 Å². The lowest BCUT2D eigenvalue weighted by Gasteiger charge is -2.32. The van der Waals surface area contributed by atoms with Gasteiger partial charge in [-0.2, -0.15) is 0 Å². The molecule has 1 aromatic rings. The number of hydrogen-bond acceptors (Lipinski definition) is 19. The van der Waals surface area contributed by atoms with Crippen molar-refractivity contribution in [2.45, 2.75) is 172 Å². The van der Waals surface area contributed by atoms with Gasteiger partial charge in [-0.1, -0.05) is 46.2 Å². The lowest BCUT2D eigenvalue weighted by atomic mass is 9.96. The van der Waals surface area contributed by atoms with Gasteiger partial charge in [-0.25, -0.2) is 4.57 Å². The molecular weight excluding hydrogens is 1170 g/mol. The van der Waals surface area contributed by atoms with Gasteiger partial charge in [0.05, 0.1) is 25.7 Å². The Morgan fingerprint density at radius 3 is 1.72 bits per heavy atom. The summed E-state index contributed by atoms with van der Waals surface area (Å²) in [4.78, 5) is 192. The average Bonchev–Trinajstić information content (AvgIpc) is 3.02. The molecule has 0 unspecified atom stereocenters. The number of nitrogens with zero attached hydrogens (tertiary/aromatic N) is 1. The summed E-state index contributed by atoms with van der Waals surface area (Å²) in [5.74, 6) is -14.7. The number of amides is 12. The summed E-state index contributed by atoms with van der Waals surface area (Å²) in [6.45, 7) is 7.23. The van der Waals surface area contributed by atoms with Crippen LogP contribution < -0.4 is 75.3 Å². The van der Waals surface area contributed by atoms with E-state index in [1.807, 2.05) is 0 Å². The van der Waals surface area contributed by atoms with Gasteiger partial charge in [0.1, 0.15) is 66.2 Å². The molecule has 0 spiro atoms. The fourth-order valence-electron chi connectivity index (χ4n) is 8.81. The Kier molecular flexibility index (Phi) is 31.4. The van der Waals surface area contributed by atoms with Crippen molar-refractivity contribution in [2.75, 3.05) is 26.2 Å². The van der Waals surface area contributed by atoms with Crippen LogP contribution in [0.2, 0.25) is 0 Å². The standard InChI is InChI=1S/C52H85N14O20P/c1-7-26(4)41(64-49(79)36-12-10-20-66(36)52(82)34(22-37(55)69)61-46(76)32(17-18-39(71)72)58-38(70)23-54)51(81)60-33(21-29-13-15-30(16-14-29)86-87(83,84)85)47(77)59-31(11-8-9-19-53)45(75)62-35(24-67)48(78)57-27(5)44(74)63-40(25(2)3)50(80)65-42(28(6)68)43(56)73/h13-16,25-28,31-36,40-42,67-68H,7-12,17-24,53-54H2,1-6H3,(H2,55,69)(H2,56,73)(H,57,78)(H,58,70)(H,59,77)(H,60,81)(H,61,76)(H,62,75)(H,63,74)(H,64,79)(H,65,80)(H,71,72)(H2,83,84,85)/t26-,27-,28+,31-,32-,33-,34-,35-,36-,40-,41-,42-/m0/s1. The highest BCUT2D eigenvalue weighted by Crippen LogP contribution is 2.37. The van der Waals surface area contributed by atoms with Crippen molar-refractivity contribution in [3.05, 3.63) is 29.8 Å². The van der Waals surface area contributed by atoms with Gasteiger partial charge in [-0.15, -0.1) is 0 Å². The molecule has 87 heavy (non-hydrogen) atoms.